The SMILES string of the molecule is Cc1ccc(-c2nc(C)sc2CC(=O)NC2(c3noc(C)n3)CCCCCC2)cc1. The van der Waals surface area contributed by atoms with Crippen molar-refractivity contribution < 1.29 is 9.32 Å². The zero-order valence-electron chi connectivity index (χ0n) is 17.8. The first-order valence-electron chi connectivity index (χ1n) is 10.6. The van der Waals surface area contributed by atoms with E-state index in [4.69, 9.17) is 9.51 Å². The van der Waals surface area contributed by atoms with Crippen molar-refractivity contribution in [3.8, 4) is 11.3 Å². The summed E-state index contributed by atoms with van der Waals surface area (Å²) in [5.74, 6) is 1.12. The first-order valence-corrected chi connectivity index (χ1v) is 11.4. The minimum atomic E-state index is -0.547. The Kier molecular flexibility index (Phi) is 5.99. The highest BCUT2D eigenvalue weighted by molar-refractivity contribution is 7.12. The Balaban J connectivity index is 1.58. The molecule has 1 N–H and O–H groups in total. The molecule has 30 heavy (non-hydrogen) atoms. The second kappa shape index (κ2) is 8.68. The summed E-state index contributed by atoms with van der Waals surface area (Å²) in [5.41, 5.74) is 2.61. The average molecular weight is 425 g/mol. The lowest BCUT2D eigenvalue weighted by Crippen LogP contribution is -2.47. The fourth-order valence-electron chi connectivity index (χ4n) is 4.21. The molecule has 1 saturated carbocycles. The van der Waals surface area contributed by atoms with E-state index >= 15 is 0 Å². The lowest BCUT2D eigenvalue weighted by atomic mass is 9.89. The molecule has 0 radical (unpaired) electrons. The van der Waals surface area contributed by atoms with Crippen molar-refractivity contribution in [3.05, 3.63) is 51.4 Å². The number of thiazole rings is 1. The van der Waals surface area contributed by atoms with Crippen LogP contribution in [0, 0.1) is 20.8 Å². The Morgan fingerprint density at radius 2 is 1.77 bits per heavy atom. The van der Waals surface area contributed by atoms with Gasteiger partial charge in [0.1, 0.15) is 5.54 Å². The van der Waals surface area contributed by atoms with Crippen molar-refractivity contribution in [2.45, 2.75) is 71.3 Å². The molecule has 2 aromatic heterocycles. The second-order valence-electron chi connectivity index (χ2n) is 8.23. The Morgan fingerprint density at radius 3 is 2.40 bits per heavy atom. The number of nitrogens with zero attached hydrogens (tertiary/aromatic N) is 3. The maximum atomic E-state index is 13.2. The van der Waals surface area contributed by atoms with Crippen LogP contribution >= 0.6 is 11.3 Å². The van der Waals surface area contributed by atoms with Crippen LogP contribution in [-0.2, 0) is 16.8 Å². The number of aryl methyl sites for hydroxylation is 3. The van der Waals surface area contributed by atoms with E-state index in [1.807, 2.05) is 6.92 Å². The number of aromatic nitrogens is 3. The van der Waals surface area contributed by atoms with Crippen LogP contribution in [0.15, 0.2) is 28.8 Å². The van der Waals surface area contributed by atoms with Crippen LogP contribution in [0.3, 0.4) is 0 Å². The summed E-state index contributed by atoms with van der Waals surface area (Å²) >= 11 is 1.58. The fraction of sp³-hybridized carbons (Fsp3) is 0.478. The molecule has 4 rings (SSSR count). The highest BCUT2D eigenvalue weighted by Crippen LogP contribution is 2.35. The smallest absolute Gasteiger partial charge is 0.226 e. The monoisotopic (exact) mass is 424 g/mol. The van der Waals surface area contributed by atoms with Gasteiger partial charge in [-0.25, -0.2) is 4.98 Å². The minimum Gasteiger partial charge on any atom is -0.343 e. The van der Waals surface area contributed by atoms with Crippen LogP contribution in [0.5, 0.6) is 0 Å². The summed E-state index contributed by atoms with van der Waals surface area (Å²) in [6.45, 7) is 5.84. The zero-order valence-corrected chi connectivity index (χ0v) is 18.6. The molecule has 1 fully saturated rings. The summed E-state index contributed by atoms with van der Waals surface area (Å²) in [5, 5.41) is 8.45. The third-order valence-corrected chi connectivity index (χ3v) is 6.71. The predicted molar refractivity (Wildman–Crippen MR) is 117 cm³/mol. The third-order valence-electron chi connectivity index (χ3n) is 5.74. The average Bonchev–Trinajstić information content (AvgIpc) is 3.22. The molecule has 3 aromatic rings. The predicted octanol–water partition coefficient (Wildman–Crippen LogP) is 5.03. The molecule has 1 aliphatic carbocycles. The van der Waals surface area contributed by atoms with Crippen molar-refractivity contribution >= 4 is 17.2 Å². The van der Waals surface area contributed by atoms with Crippen LogP contribution in [0.1, 0.15) is 65.7 Å². The van der Waals surface area contributed by atoms with Gasteiger partial charge in [-0.05, 0) is 26.7 Å². The fourth-order valence-corrected chi connectivity index (χ4v) is 5.17. The quantitative estimate of drug-likeness (QED) is 0.581. The maximum Gasteiger partial charge on any atom is 0.226 e. The van der Waals surface area contributed by atoms with E-state index < -0.39 is 5.54 Å². The van der Waals surface area contributed by atoms with Gasteiger partial charge >= 0.3 is 0 Å². The van der Waals surface area contributed by atoms with Crippen molar-refractivity contribution in [1.29, 1.82) is 0 Å². The van der Waals surface area contributed by atoms with Gasteiger partial charge in [-0.15, -0.1) is 11.3 Å². The molecule has 0 spiro atoms. The Bertz CT molecular complexity index is 1010. The largest absolute Gasteiger partial charge is 0.343 e. The van der Waals surface area contributed by atoms with Gasteiger partial charge in [-0.1, -0.05) is 60.7 Å². The molecule has 0 atom stereocenters. The zero-order chi connectivity index (χ0) is 21.1. The number of rotatable bonds is 5. The van der Waals surface area contributed by atoms with Crippen LogP contribution in [0.4, 0.5) is 0 Å². The van der Waals surface area contributed by atoms with E-state index in [1.54, 1.807) is 18.3 Å². The second-order valence-corrected chi connectivity index (χ2v) is 9.52. The highest BCUT2D eigenvalue weighted by Gasteiger charge is 2.39. The first kappa shape index (κ1) is 20.7. The number of carbonyl (C=O) groups is 1. The summed E-state index contributed by atoms with van der Waals surface area (Å²) in [7, 11) is 0. The lowest BCUT2D eigenvalue weighted by Gasteiger charge is -2.30. The van der Waals surface area contributed by atoms with Gasteiger partial charge in [-0.2, -0.15) is 4.98 Å². The summed E-state index contributed by atoms with van der Waals surface area (Å²) in [6, 6.07) is 8.29. The van der Waals surface area contributed by atoms with E-state index in [2.05, 4.69) is 46.6 Å². The van der Waals surface area contributed by atoms with Crippen LogP contribution in [-0.4, -0.2) is 21.0 Å². The molecule has 158 valence electrons. The number of hydrogen-bond acceptors (Lipinski definition) is 6. The van der Waals surface area contributed by atoms with Crippen LogP contribution in [0.25, 0.3) is 11.3 Å². The molecular weight excluding hydrogens is 396 g/mol. The first-order chi connectivity index (χ1) is 14.4. The Labute approximate surface area is 181 Å². The molecular formula is C23H28N4O2S. The Morgan fingerprint density at radius 1 is 1.07 bits per heavy atom. The molecule has 6 nitrogen and oxygen atoms in total. The van der Waals surface area contributed by atoms with Gasteiger partial charge in [0.25, 0.3) is 0 Å². The van der Waals surface area contributed by atoms with Crippen molar-refractivity contribution in [2.75, 3.05) is 0 Å². The number of amides is 1. The molecule has 0 unspecified atom stereocenters. The standard InChI is InChI=1S/C23H28N4O2S/c1-15-8-10-18(11-9-15)21-19(30-17(3)25-21)14-20(28)26-23(12-6-4-5-7-13-23)22-24-16(2)29-27-22/h8-11H,4-7,12-14H2,1-3H3,(H,26,28). The van der Waals surface area contributed by atoms with Crippen molar-refractivity contribution in [2.24, 2.45) is 0 Å². The normalized spacial score (nSPS) is 16.2. The molecule has 2 heterocycles. The third kappa shape index (κ3) is 4.46. The molecule has 1 amide bonds. The van der Waals surface area contributed by atoms with E-state index in [0.29, 0.717) is 18.1 Å². The molecule has 0 saturated heterocycles. The number of benzene rings is 1. The highest BCUT2D eigenvalue weighted by atomic mass is 32.1. The minimum absolute atomic E-state index is 0.0173. The molecule has 7 heteroatoms. The summed E-state index contributed by atoms with van der Waals surface area (Å²) in [6.07, 6.45) is 6.40. The van der Waals surface area contributed by atoms with E-state index in [9.17, 15) is 4.79 Å². The Hall–Kier alpha value is -2.54. The number of hydrogen-bond donors (Lipinski definition) is 1. The van der Waals surface area contributed by atoms with Gasteiger partial charge in [0, 0.05) is 17.4 Å². The lowest BCUT2D eigenvalue weighted by molar-refractivity contribution is -0.122. The van der Waals surface area contributed by atoms with Gasteiger partial charge in [0.05, 0.1) is 17.1 Å². The van der Waals surface area contributed by atoms with Gasteiger partial charge in [0.15, 0.2) is 5.82 Å². The van der Waals surface area contributed by atoms with Crippen molar-refractivity contribution in [3.63, 3.8) is 0 Å². The topological polar surface area (TPSA) is 80.9 Å². The number of carbonyl (C=O) groups excluding carboxylic acids is 1. The maximum absolute atomic E-state index is 13.2. The molecule has 0 bridgehead atoms. The molecule has 1 aromatic carbocycles. The van der Waals surface area contributed by atoms with Crippen molar-refractivity contribution in [1.82, 2.24) is 20.4 Å². The van der Waals surface area contributed by atoms with Crippen LogP contribution < -0.4 is 5.32 Å². The number of nitrogens with one attached hydrogen (secondary N) is 1. The van der Waals surface area contributed by atoms with E-state index in [1.165, 1.54) is 18.4 Å². The summed E-state index contributed by atoms with van der Waals surface area (Å²) in [4.78, 5) is 23.4. The molecule has 1 aliphatic rings. The van der Waals surface area contributed by atoms with Gasteiger partial charge in [-0.3, -0.25) is 4.79 Å². The van der Waals surface area contributed by atoms with Crippen LogP contribution in [0.2, 0.25) is 0 Å². The van der Waals surface area contributed by atoms with Gasteiger partial charge < -0.3 is 9.84 Å². The van der Waals surface area contributed by atoms with E-state index in [-0.39, 0.29) is 5.91 Å². The molecule has 0 aliphatic heterocycles. The van der Waals surface area contributed by atoms with E-state index in [0.717, 1.165) is 46.8 Å². The van der Waals surface area contributed by atoms with Gasteiger partial charge in [0.2, 0.25) is 11.8 Å². The summed E-state index contributed by atoms with van der Waals surface area (Å²) < 4.78 is 5.25.